The molecule has 1 aromatic heterocycles. The molecule has 7 heteroatoms. The van der Waals surface area contributed by atoms with E-state index in [1.807, 2.05) is 47.0 Å². The van der Waals surface area contributed by atoms with Gasteiger partial charge in [0.1, 0.15) is 5.56 Å². The minimum Gasteiger partial charge on any atom is -0.397 e. The lowest BCUT2D eigenvalue weighted by Crippen LogP contribution is -2.24. The summed E-state index contributed by atoms with van der Waals surface area (Å²) in [5.41, 5.74) is 8.27. The molecular weight excluding hydrogens is 440 g/mol. The number of rotatable bonds is 9. The molecule has 0 atom stereocenters. The van der Waals surface area contributed by atoms with E-state index >= 15 is 0 Å². The first-order chi connectivity index (χ1) is 17.0. The zero-order valence-corrected chi connectivity index (χ0v) is 19.4. The van der Waals surface area contributed by atoms with Crippen LogP contribution in [0.5, 0.6) is 0 Å². The van der Waals surface area contributed by atoms with E-state index < -0.39 is 5.91 Å². The Bertz CT molecular complexity index is 1400. The highest BCUT2D eigenvalue weighted by molar-refractivity contribution is 6.05. The molecule has 0 fully saturated rings. The predicted octanol–water partition coefficient (Wildman–Crippen LogP) is 5.04. The van der Waals surface area contributed by atoms with E-state index in [9.17, 15) is 14.4 Å². The van der Waals surface area contributed by atoms with Crippen molar-refractivity contribution in [2.75, 3.05) is 16.4 Å². The maximum Gasteiger partial charge on any atom is 0.261 e. The molecule has 0 unspecified atom stereocenters. The van der Waals surface area contributed by atoms with Crippen LogP contribution >= 0.6 is 0 Å². The Morgan fingerprint density at radius 1 is 0.800 bits per heavy atom. The second-order valence-corrected chi connectivity index (χ2v) is 8.35. The number of hydrogen-bond donors (Lipinski definition) is 3. The maximum atomic E-state index is 13.0. The van der Waals surface area contributed by atoms with Gasteiger partial charge in [-0.3, -0.25) is 14.4 Å². The first kappa shape index (κ1) is 23.8. The molecule has 0 bridgehead atoms. The van der Waals surface area contributed by atoms with E-state index in [2.05, 4.69) is 10.6 Å². The van der Waals surface area contributed by atoms with Gasteiger partial charge in [-0.1, -0.05) is 48.9 Å². The summed E-state index contributed by atoms with van der Waals surface area (Å²) in [4.78, 5) is 38.1. The number of nitrogens with two attached hydrogens (primary N) is 1. The lowest BCUT2D eigenvalue weighted by atomic mass is 10.1. The minimum absolute atomic E-state index is 0.0726. The lowest BCUT2D eigenvalue weighted by molar-refractivity contribution is -0.116. The molecule has 35 heavy (non-hydrogen) atoms. The van der Waals surface area contributed by atoms with Crippen LogP contribution in [-0.4, -0.2) is 16.4 Å². The third-order valence-electron chi connectivity index (χ3n) is 5.80. The summed E-state index contributed by atoms with van der Waals surface area (Å²) in [7, 11) is 0. The zero-order valence-electron chi connectivity index (χ0n) is 19.4. The summed E-state index contributed by atoms with van der Waals surface area (Å²) >= 11 is 0. The van der Waals surface area contributed by atoms with E-state index in [0.717, 1.165) is 24.8 Å². The van der Waals surface area contributed by atoms with Crippen LogP contribution in [0.4, 0.5) is 17.1 Å². The number of nitrogen functional groups attached to an aromatic ring is 1. The van der Waals surface area contributed by atoms with Crippen LogP contribution in [0.3, 0.4) is 0 Å². The van der Waals surface area contributed by atoms with Crippen molar-refractivity contribution in [3.63, 3.8) is 0 Å². The molecule has 2 amide bonds. The van der Waals surface area contributed by atoms with Gasteiger partial charge in [-0.25, -0.2) is 0 Å². The van der Waals surface area contributed by atoms with Gasteiger partial charge in [0.05, 0.1) is 16.9 Å². The van der Waals surface area contributed by atoms with Crippen molar-refractivity contribution in [2.24, 2.45) is 0 Å². The molecule has 7 nitrogen and oxygen atoms in total. The fourth-order valence-corrected chi connectivity index (χ4v) is 3.98. The number of pyridine rings is 1. The molecule has 178 valence electrons. The standard InChI is InChI=1S/C28H28N4O3/c29-23-14-7-8-15-24(23)31-26(33)17-5-2-10-18-32-19-22(27(34)21-13-6-9-16-25(21)32)28(35)30-20-11-3-1-4-12-20/h1,3-4,6-9,11-16,19H,2,5,10,17-18,29H2,(H,30,35)(H,31,33). The van der Waals surface area contributed by atoms with Crippen LogP contribution in [0.15, 0.2) is 89.9 Å². The van der Waals surface area contributed by atoms with Gasteiger partial charge in [0, 0.05) is 30.2 Å². The number of para-hydroxylation sites is 4. The van der Waals surface area contributed by atoms with Crippen molar-refractivity contribution < 1.29 is 9.59 Å². The SMILES string of the molecule is Nc1ccccc1NC(=O)CCCCCn1cc(C(=O)Nc2ccccc2)c(=O)c2ccccc21. The Hall–Kier alpha value is -4.39. The molecule has 1 heterocycles. The highest BCUT2D eigenvalue weighted by atomic mass is 16.2. The number of unbranched alkanes of at least 4 members (excludes halogenated alkanes) is 2. The molecular formula is C28H28N4O3. The average molecular weight is 469 g/mol. The Morgan fingerprint density at radius 2 is 1.51 bits per heavy atom. The average Bonchev–Trinajstić information content (AvgIpc) is 2.87. The van der Waals surface area contributed by atoms with E-state index in [4.69, 9.17) is 5.73 Å². The molecule has 0 aliphatic rings. The van der Waals surface area contributed by atoms with Crippen molar-refractivity contribution >= 4 is 39.8 Å². The maximum absolute atomic E-state index is 13.0. The molecule has 3 aromatic carbocycles. The number of benzene rings is 3. The first-order valence-electron chi connectivity index (χ1n) is 11.7. The van der Waals surface area contributed by atoms with Crippen molar-refractivity contribution in [3.8, 4) is 0 Å². The Labute approximate surface area is 203 Å². The normalized spacial score (nSPS) is 10.7. The number of carbonyl (C=O) groups is 2. The Morgan fingerprint density at radius 3 is 2.31 bits per heavy atom. The van der Waals surface area contributed by atoms with Gasteiger partial charge < -0.3 is 20.9 Å². The van der Waals surface area contributed by atoms with E-state index in [-0.39, 0.29) is 16.9 Å². The molecule has 0 aliphatic heterocycles. The second-order valence-electron chi connectivity index (χ2n) is 8.35. The van der Waals surface area contributed by atoms with Crippen LogP contribution in [0.1, 0.15) is 36.0 Å². The monoisotopic (exact) mass is 468 g/mol. The third kappa shape index (κ3) is 5.95. The van der Waals surface area contributed by atoms with Crippen molar-refractivity contribution in [1.29, 1.82) is 0 Å². The smallest absolute Gasteiger partial charge is 0.261 e. The zero-order chi connectivity index (χ0) is 24.6. The number of carbonyl (C=O) groups excluding carboxylic acids is 2. The number of amides is 2. The molecule has 0 radical (unpaired) electrons. The van der Waals surface area contributed by atoms with Gasteiger partial charge in [0.2, 0.25) is 11.3 Å². The molecule has 4 rings (SSSR count). The number of nitrogens with one attached hydrogen (secondary N) is 2. The largest absolute Gasteiger partial charge is 0.397 e. The number of hydrogen-bond acceptors (Lipinski definition) is 4. The number of aromatic nitrogens is 1. The molecule has 0 saturated heterocycles. The fourth-order valence-electron chi connectivity index (χ4n) is 3.98. The number of fused-ring (bicyclic) bond motifs is 1. The van der Waals surface area contributed by atoms with Crippen molar-refractivity contribution in [3.05, 3.63) is 101 Å². The number of aryl methyl sites for hydroxylation is 1. The topological polar surface area (TPSA) is 106 Å². The van der Waals surface area contributed by atoms with Gasteiger partial charge in [-0.2, -0.15) is 0 Å². The van der Waals surface area contributed by atoms with Gasteiger partial charge in [-0.15, -0.1) is 0 Å². The van der Waals surface area contributed by atoms with Gasteiger partial charge >= 0.3 is 0 Å². The van der Waals surface area contributed by atoms with Gasteiger partial charge in [0.15, 0.2) is 0 Å². The first-order valence-corrected chi connectivity index (χ1v) is 11.7. The van der Waals surface area contributed by atoms with E-state index in [1.54, 1.807) is 42.6 Å². The van der Waals surface area contributed by atoms with Gasteiger partial charge in [-0.05, 0) is 49.2 Å². The van der Waals surface area contributed by atoms with Crippen LogP contribution in [0.2, 0.25) is 0 Å². The van der Waals surface area contributed by atoms with E-state index in [1.165, 1.54) is 0 Å². The summed E-state index contributed by atoms with van der Waals surface area (Å²) in [5.74, 6) is -0.505. The minimum atomic E-state index is -0.433. The Kier molecular flexibility index (Phi) is 7.57. The van der Waals surface area contributed by atoms with Crippen LogP contribution in [0.25, 0.3) is 10.9 Å². The quantitative estimate of drug-likeness (QED) is 0.236. The summed E-state index contributed by atoms with van der Waals surface area (Å²) in [5, 5.41) is 6.15. The summed E-state index contributed by atoms with van der Waals surface area (Å²) in [6.45, 7) is 0.625. The second kappa shape index (κ2) is 11.2. The van der Waals surface area contributed by atoms with E-state index in [0.29, 0.717) is 35.4 Å². The number of anilines is 3. The van der Waals surface area contributed by atoms with Crippen LogP contribution in [-0.2, 0) is 11.3 Å². The summed E-state index contributed by atoms with van der Waals surface area (Å²) < 4.78 is 1.95. The molecule has 4 aromatic rings. The molecule has 0 saturated carbocycles. The highest BCUT2D eigenvalue weighted by Crippen LogP contribution is 2.18. The summed E-state index contributed by atoms with van der Waals surface area (Å²) in [6.07, 6.45) is 4.37. The predicted molar refractivity (Wildman–Crippen MR) is 141 cm³/mol. The van der Waals surface area contributed by atoms with Crippen LogP contribution < -0.4 is 21.8 Å². The molecule has 4 N–H and O–H groups in total. The van der Waals surface area contributed by atoms with Crippen LogP contribution in [0, 0.1) is 0 Å². The lowest BCUT2D eigenvalue weighted by Gasteiger charge is -2.14. The van der Waals surface area contributed by atoms with Crippen molar-refractivity contribution in [1.82, 2.24) is 4.57 Å². The molecule has 0 spiro atoms. The Balaban J connectivity index is 1.40. The van der Waals surface area contributed by atoms with Crippen molar-refractivity contribution in [2.45, 2.75) is 32.2 Å². The fraction of sp³-hybridized carbons (Fsp3) is 0.179. The highest BCUT2D eigenvalue weighted by Gasteiger charge is 2.15. The number of nitrogens with zero attached hydrogens (tertiary/aromatic N) is 1. The molecule has 0 aliphatic carbocycles. The third-order valence-corrected chi connectivity index (χ3v) is 5.80. The summed E-state index contributed by atoms with van der Waals surface area (Å²) in [6, 6.07) is 23.5. The van der Waals surface area contributed by atoms with Gasteiger partial charge in [0.25, 0.3) is 5.91 Å².